The monoisotopic (exact) mass is 445 g/mol. The minimum absolute atomic E-state index is 0.118. The van der Waals surface area contributed by atoms with Crippen LogP contribution in [0.4, 0.5) is 5.69 Å². The van der Waals surface area contributed by atoms with Crippen molar-refractivity contribution in [2.24, 2.45) is 11.7 Å². The fourth-order valence-electron chi connectivity index (χ4n) is 2.76. The number of hydrogen-bond donors (Lipinski definition) is 4. The maximum atomic E-state index is 12.4. The molecule has 0 unspecified atom stereocenters. The maximum absolute atomic E-state index is 12.4. The fourth-order valence-corrected chi connectivity index (χ4v) is 3.12. The summed E-state index contributed by atoms with van der Waals surface area (Å²) in [5.41, 5.74) is 5.96. The van der Waals surface area contributed by atoms with Gasteiger partial charge in [0.15, 0.2) is 6.10 Å². The van der Waals surface area contributed by atoms with E-state index < -0.39 is 43.1 Å². The van der Waals surface area contributed by atoms with E-state index in [0.29, 0.717) is 22.2 Å². The lowest BCUT2D eigenvalue weighted by Gasteiger charge is -2.22. The van der Waals surface area contributed by atoms with E-state index in [9.17, 15) is 14.4 Å². The summed E-state index contributed by atoms with van der Waals surface area (Å²) in [6.45, 7) is 3.72. The third kappa shape index (κ3) is 6.50. The highest BCUT2D eigenvalue weighted by atomic mass is 35.5. The lowest BCUT2D eigenvalue weighted by molar-refractivity contribution is -0.146. The smallest absolute Gasteiger partial charge is 0.506 e. The van der Waals surface area contributed by atoms with E-state index in [0.717, 1.165) is 0 Å². The average Bonchev–Trinajstić information content (AvgIpc) is 3.02. The summed E-state index contributed by atoms with van der Waals surface area (Å²) in [5, 5.41) is 15.5. The standard InChI is InChI=1S/C17H22BCl2N3O6/c1-8(2)5-12(18-28-15(17(27)29-18)14(21)16(25)26)23-13(24)7-22-11-6-9(19)3-4-10(11)20/h3-4,6,8,12,14-15,22H,5,7,21H2,1-2H3,(H,23,24)(H,25,26)/t12-,14+,15+/m0/s1. The summed E-state index contributed by atoms with van der Waals surface area (Å²) >= 11 is 12.0. The molecule has 5 N–H and O–H groups in total. The highest BCUT2D eigenvalue weighted by molar-refractivity contribution is 6.51. The van der Waals surface area contributed by atoms with E-state index in [1.165, 1.54) is 0 Å². The molecule has 0 saturated carbocycles. The van der Waals surface area contributed by atoms with E-state index in [1.54, 1.807) is 18.2 Å². The molecule has 158 valence electrons. The highest BCUT2D eigenvalue weighted by Crippen LogP contribution is 2.25. The van der Waals surface area contributed by atoms with Crippen LogP contribution in [-0.2, 0) is 23.7 Å². The largest absolute Gasteiger partial charge is 0.552 e. The number of carbonyl (C=O) groups excluding carboxylic acids is 2. The zero-order chi connectivity index (χ0) is 21.7. The van der Waals surface area contributed by atoms with E-state index in [-0.39, 0.29) is 12.5 Å². The zero-order valence-corrected chi connectivity index (χ0v) is 17.4. The fraction of sp³-hybridized carbons (Fsp3) is 0.471. The van der Waals surface area contributed by atoms with Gasteiger partial charge in [0.2, 0.25) is 5.91 Å². The van der Waals surface area contributed by atoms with Crippen molar-refractivity contribution >= 4 is 53.9 Å². The first-order valence-corrected chi connectivity index (χ1v) is 9.66. The van der Waals surface area contributed by atoms with Gasteiger partial charge in [-0.05, 0) is 30.5 Å². The van der Waals surface area contributed by atoms with Gasteiger partial charge in [-0.1, -0.05) is 37.0 Å². The van der Waals surface area contributed by atoms with Gasteiger partial charge in [-0.25, -0.2) is 0 Å². The number of anilines is 1. The number of nitrogens with one attached hydrogen (secondary N) is 2. The van der Waals surface area contributed by atoms with E-state index in [1.807, 2.05) is 13.8 Å². The summed E-state index contributed by atoms with van der Waals surface area (Å²) < 4.78 is 10.5. The molecule has 1 fully saturated rings. The van der Waals surface area contributed by atoms with Crippen molar-refractivity contribution in [3.63, 3.8) is 0 Å². The predicted octanol–water partition coefficient (Wildman–Crippen LogP) is 1.32. The van der Waals surface area contributed by atoms with Gasteiger partial charge >= 0.3 is 19.1 Å². The summed E-state index contributed by atoms with van der Waals surface area (Å²) in [5.74, 6) is -3.23. The first-order chi connectivity index (χ1) is 13.6. The summed E-state index contributed by atoms with van der Waals surface area (Å²) in [4.78, 5) is 35.4. The molecule has 1 amide bonds. The van der Waals surface area contributed by atoms with Crippen molar-refractivity contribution in [2.75, 3.05) is 11.9 Å². The molecule has 0 bridgehead atoms. The van der Waals surface area contributed by atoms with Gasteiger partial charge < -0.3 is 30.8 Å². The van der Waals surface area contributed by atoms with Crippen LogP contribution in [0, 0.1) is 5.92 Å². The van der Waals surface area contributed by atoms with Crippen LogP contribution in [-0.4, -0.2) is 54.7 Å². The maximum Gasteiger partial charge on any atom is 0.552 e. The number of carbonyl (C=O) groups is 3. The first kappa shape index (κ1) is 23.3. The summed E-state index contributed by atoms with van der Waals surface area (Å²) in [6.07, 6.45) is -1.01. The molecule has 9 nitrogen and oxygen atoms in total. The number of aliphatic carboxylic acids is 1. The van der Waals surface area contributed by atoms with Gasteiger partial charge in [0.25, 0.3) is 0 Å². The van der Waals surface area contributed by atoms with Gasteiger partial charge in [0.1, 0.15) is 6.04 Å². The Morgan fingerprint density at radius 2 is 2.03 bits per heavy atom. The average molecular weight is 446 g/mol. The van der Waals surface area contributed by atoms with Gasteiger partial charge in [-0.3, -0.25) is 14.4 Å². The quantitative estimate of drug-likeness (QED) is 0.417. The SMILES string of the molecule is CC(C)C[C@H](NC(=O)CNc1cc(Cl)ccc1Cl)B1OC(=O)[C@@H]([C@@H](N)C(=O)O)O1. The number of hydrogen-bond acceptors (Lipinski definition) is 7. The van der Waals surface area contributed by atoms with Crippen LogP contribution < -0.4 is 16.4 Å². The molecule has 12 heteroatoms. The second-order valence-electron chi connectivity index (χ2n) is 7.01. The zero-order valence-electron chi connectivity index (χ0n) is 15.9. The molecule has 1 aromatic rings. The minimum atomic E-state index is -1.56. The predicted molar refractivity (Wildman–Crippen MR) is 109 cm³/mol. The lowest BCUT2D eigenvalue weighted by atomic mass is 9.74. The Hall–Kier alpha value is -2.01. The van der Waals surface area contributed by atoms with E-state index in [2.05, 4.69) is 10.6 Å². The van der Waals surface area contributed by atoms with Crippen LogP contribution in [0.2, 0.25) is 10.0 Å². The van der Waals surface area contributed by atoms with Gasteiger partial charge in [0, 0.05) is 5.02 Å². The third-order valence-corrected chi connectivity index (χ3v) is 4.69. The molecule has 3 atom stereocenters. The van der Waals surface area contributed by atoms with Gasteiger partial charge in [-0.2, -0.15) is 0 Å². The van der Waals surface area contributed by atoms with E-state index >= 15 is 0 Å². The lowest BCUT2D eigenvalue weighted by Crippen LogP contribution is -2.51. The Morgan fingerprint density at radius 1 is 1.34 bits per heavy atom. The van der Waals surface area contributed by atoms with Crippen LogP contribution in [0.5, 0.6) is 0 Å². The molecular formula is C17H22BCl2N3O6. The Balaban J connectivity index is 2.01. The summed E-state index contributed by atoms with van der Waals surface area (Å²) in [6, 6.07) is 3.25. The second kappa shape index (κ2) is 10.2. The Bertz CT molecular complexity index is 782. The highest BCUT2D eigenvalue weighted by Gasteiger charge is 2.49. The molecular weight excluding hydrogens is 424 g/mol. The molecule has 0 aromatic heterocycles. The Labute approximate surface area is 178 Å². The third-order valence-electron chi connectivity index (χ3n) is 4.12. The van der Waals surface area contributed by atoms with Crippen LogP contribution >= 0.6 is 23.2 Å². The molecule has 1 heterocycles. The number of benzene rings is 1. The Morgan fingerprint density at radius 3 is 2.66 bits per heavy atom. The molecule has 0 radical (unpaired) electrons. The van der Waals surface area contributed by atoms with Crippen molar-refractivity contribution in [2.45, 2.75) is 38.4 Å². The topological polar surface area (TPSA) is 140 Å². The number of nitrogens with two attached hydrogens (primary N) is 1. The molecule has 1 aliphatic rings. The number of halogens is 2. The van der Waals surface area contributed by atoms with Crippen LogP contribution in [0.25, 0.3) is 0 Å². The number of carboxylic acids is 1. The molecule has 0 spiro atoms. The molecule has 0 aliphatic carbocycles. The molecule has 29 heavy (non-hydrogen) atoms. The number of carboxylic acid groups (broad SMARTS) is 1. The number of amides is 1. The molecule has 1 aliphatic heterocycles. The van der Waals surface area contributed by atoms with Crippen molar-refractivity contribution < 1.29 is 28.8 Å². The van der Waals surface area contributed by atoms with Crippen molar-refractivity contribution in [3.8, 4) is 0 Å². The molecule has 2 rings (SSSR count). The van der Waals surface area contributed by atoms with Crippen molar-refractivity contribution in [3.05, 3.63) is 28.2 Å². The number of rotatable bonds is 9. The van der Waals surface area contributed by atoms with Crippen LogP contribution in [0.3, 0.4) is 0 Å². The Kier molecular flexibility index (Phi) is 8.15. The van der Waals surface area contributed by atoms with Crippen LogP contribution in [0.15, 0.2) is 18.2 Å². The molecule has 1 aromatic carbocycles. The van der Waals surface area contributed by atoms with Gasteiger partial charge in [-0.15, -0.1) is 0 Å². The van der Waals surface area contributed by atoms with E-state index in [4.69, 9.17) is 43.4 Å². The van der Waals surface area contributed by atoms with Gasteiger partial charge in [0.05, 0.1) is 23.2 Å². The minimum Gasteiger partial charge on any atom is -0.506 e. The summed E-state index contributed by atoms with van der Waals surface area (Å²) in [7, 11) is -1.14. The first-order valence-electron chi connectivity index (χ1n) is 8.91. The second-order valence-corrected chi connectivity index (χ2v) is 7.85. The van der Waals surface area contributed by atoms with Crippen molar-refractivity contribution in [1.29, 1.82) is 0 Å². The van der Waals surface area contributed by atoms with Crippen LogP contribution in [0.1, 0.15) is 20.3 Å². The normalized spacial score (nSPS) is 18.3. The van der Waals surface area contributed by atoms with Crippen molar-refractivity contribution in [1.82, 2.24) is 5.32 Å². The molecule has 1 saturated heterocycles.